The van der Waals surface area contributed by atoms with Crippen molar-refractivity contribution in [1.29, 1.82) is 10.5 Å². The van der Waals surface area contributed by atoms with Gasteiger partial charge in [-0.15, -0.1) is 11.3 Å². The van der Waals surface area contributed by atoms with Gasteiger partial charge in [-0.25, -0.2) is 0 Å². The summed E-state index contributed by atoms with van der Waals surface area (Å²) in [4.78, 5) is 12.5. The fourth-order valence-electron chi connectivity index (χ4n) is 4.88. The van der Waals surface area contributed by atoms with E-state index in [1.165, 1.54) is 11.3 Å². The molecule has 6 nitrogen and oxygen atoms in total. The number of hydrogen-bond donors (Lipinski definition) is 1. The van der Waals surface area contributed by atoms with E-state index in [2.05, 4.69) is 12.1 Å². The Labute approximate surface area is 183 Å². The van der Waals surface area contributed by atoms with Crippen LogP contribution in [0.4, 0.5) is 0 Å². The normalized spacial score (nSPS) is 27.0. The van der Waals surface area contributed by atoms with Gasteiger partial charge in [-0.1, -0.05) is 66.7 Å². The van der Waals surface area contributed by atoms with E-state index in [4.69, 9.17) is 0 Å². The predicted octanol–water partition coefficient (Wildman–Crippen LogP) is 4.59. The maximum atomic E-state index is 12.4. The molecule has 31 heavy (non-hydrogen) atoms. The number of rotatable bonds is 4. The number of benzene rings is 2. The zero-order chi connectivity index (χ0) is 22.1. The van der Waals surface area contributed by atoms with Gasteiger partial charge in [-0.2, -0.15) is 10.5 Å². The van der Waals surface area contributed by atoms with Crippen molar-refractivity contribution in [3.8, 4) is 12.1 Å². The number of thiophene rings is 1. The van der Waals surface area contributed by atoms with Crippen LogP contribution >= 0.6 is 11.3 Å². The SMILES string of the molecule is N#CC1(C#N)C(c2ccccc2)C[C@@](O)(c2ccccc2)[C@H]([N+](=O)[O-])[C@H]1c1cccs1. The lowest BCUT2D eigenvalue weighted by Gasteiger charge is -2.48. The molecule has 1 saturated carbocycles. The average molecular weight is 430 g/mol. The Kier molecular flexibility index (Phi) is 5.32. The molecule has 4 atom stereocenters. The summed E-state index contributed by atoms with van der Waals surface area (Å²) in [5.74, 6) is -1.83. The number of aliphatic hydroxyl groups is 1. The smallest absolute Gasteiger partial charge is 0.255 e. The van der Waals surface area contributed by atoms with Gasteiger partial charge < -0.3 is 5.11 Å². The van der Waals surface area contributed by atoms with Gasteiger partial charge in [0.1, 0.15) is 0 Å². The fourth-order valence-corrected chi connectivity index (χ4v) is 5.81. The Hall–Kier alpha value is -3.52. The highest BCUT2D eigenvalue weighted by Crippen LogP contribution is 2.61. The first-order chi connectivity index (χ1) is 15.0. The molecule has 0 radical (unpaired) electrons. The molecule has 2 aromatic carbocycles. The Bertz CT molecular complexity index is 1140. The van der Waals surface area contributed by atoms with Gasteiger partial charge in [0.15, 0.2) is 11.0 Å². The Morgan fingerprint density at radius 1 is 1.00 bits per heavy atom. The first-order valence-electron chi connectivity index (χ1n) is 9.80. The van der Waals surface area contributed by atoms with Crippen LogP contribution in [0, 0.1) is 38.2 Å². The highest BCUT2D eigenvalue weighted by atomic mass is 32.1. The quantitative estimate of drug-likeness (QED) is 0.482. The molecular weight excluding hydrogens is 410 g/mol. The van der Waals surface area contributed by atoms with Gasteiger partial charge in [0.05, 0.1) is 18.1 Å². The van der Waals surface area contributed by atoms with Gasteiger partial charge in [-0.3, -0.25) is 10.1 Å². The topological polar surface area (TPSA) is 111 Å². The summed E-state index contributed by atoms with van der Waals surface area (Å²) in [5, 5.41) is 46.8. The molecular formula is C24H19N3O3S. The van der Waals surface area contributed by atoms with Crippen LogP contribution in [-0.4, -0.2) is 16.1 Å². The minimum Gasteiger partial charge on any atom is -0.378 e. The predicted molar refractivity (Wildman–Crippen MR) is 116 cm³/mol. The second-order valence-corrected chi connectivity index (χ2v) is 8.75. The van der Waals surface area contributed by atoms with Gasteiger partial charge in [0, 0.05) is 15.7 Å². The Morgan fingerprint density at radius 2 is 1.61 bits per heavy atom. The Morgan fingerprint density at radius 3 is 2.13 bits per heavy atom. The first-order valence-corrected chi connectivity index (χ1v) is 10.7. The molecule has 1 aliphatic rings. The van der Waals surface area contributed by atoms with Crippen LogP contribution in [0.25, 0.3) is 0 Å². The third kappa shape index (κ3) is 3.19. The number of hydrogen-bond acceptors (Lipinski definition) is 6. The van der Waals surface area contributed by atoms with E-state index in [1.54, 1.807) is 72.1 Å². The zero-order valence-electron chi connectivity index (χ0n) is 16.5. The van der Waals surface area contributed by atoms with E-state index in [9.17, 15) is 25.7 Å². The maximum absolute atomic E-state index is 12.4. The fraction of sp³-hybridized carbons (Fsp3) is 0.250. The molecule has 1 fully saturated rings. The summed E-state index contributed by atoms with van der Waals surface area (Å²) in [7, 11) is 0. The molecule has 0 bridgehead atoms. The highest BCUT2D eigenvalue weighted by Gasteiger charge is 2.68. The van der Waals surface area contributed by atoms with Crippen molar-refractivity contribution in [1.82, 2.24) is 0 Å². The second kappa shape index (κ2) is 7.96. The zero-order valence-corrected chi connectivity index (χ0v) is 17.3. The number of nitrogens with zero attached hydrogens (tertiary/aromatic N) is 3. The van der Waals surface area contributed by atoms with Crippen LogP contribution in [0.5, 0.6) is 0 Å². The molecule has 3 aromatic rings. The third-order valence-corrected chi connectivity index (χ3v) is 7.24. The molecule has 0 aliphatic heterocycles. The van der Waals surface area contributed by atoms with Crippen molar-refractivity contribution in [3.05, 3.63) is 104 Å². The van der Waals surface area contributed by atoms with Crippen molar-refractivity contribution in [2.45, 2.75) is 29.9 Å². The molecule has 4 rings (SSSR count). The van der Waals surface area contributed by atoms with Crippen LogP contribution in [0.3, 0.4) is 0 Å². The van der Waals surface area contributed by atoms with E-state index in [0.29, 0.717) is 16.0 Å². The van der Waals surface area contributed by atoms with Gasteiger partial charge >= 0.3 is 0 Å². The Balaban J connectivity index is 2.04. The van der Waals surface area contributed by atoms with Crippen molar-refractivity contribution in [2.24, 2.45) is 5.41 Å². The van der Waals surface area contributed by atoms with Gasteiger partial charge in [0.2, 0.25) is 0 Å². The lowest BCUT2D eigenvalue weighted by molar-refractivity contribution is -0.559. The van der Waals surface area contributed by atoms with Crippen LogP contribution in [0.15, 0.2) is 78.2 Å². The van der Waals surface area contributed by atoms with Crippen molar-refractivity contribution >= 4 is 11.3 Å². The largest absolute Gasteiger partial charge is 0.378 e. The van der Waals surface area contributed by atoms with Crippen LogP contribution in [0.2, 0.25) is 0 Å². The average Bonchev–Trinajstić information content (AvgIpc) is 3.34. The number of nitro groups is 1. The molecule has 154 valence electrons. The minimum atomic E-state index is -1.86. The minimum absolute atomic E-state index is 0.115. The molecule has 0 amide bonds. The molecule has 0 saturated heterocycles. The monoisotopic (exact) mass is 429 g/mol. The van der Waals surface area contributed by atoms with Gasteiger partial charge in [-0.05, 0) is 29.0 Å². The maximum Gasteiger partial charge on any atom is 0.255 e. The standard InChI is InChI=1S/C24H19N3O3S/c25-15-23(16-26)19(17-8-3-1-4-9-17)14-24(28,18-10-5-2-6-11-18)22(27(29)30)21(23)20-12-7-13-31-20/h1-13,19,21-22,28H,14H2/t19?,21-,22-,24-/m1/s1. The molecule has 1 aromatic heterocycles. The lowest BCUT2D eigenvalue weighted by Crippen LogP contribution is -2.59. The summed E-state index contributed by atoms with van der Waals surface area (Å²) >= 11 is 1.26. The van der Waals surface area contributed by atoms with Crippen molar-refractivity contribution in [3.63, 3.8) is 0 Å². The highest BCUT2D eigenvalue weighted by molar-refractivity contribution is 7.10. The van der Waals surface area contributed by atoms with E-state index in [-0.39, 0.29) is 6.42 Å². The molecule has 1 aliphatic carbocycles. The second-order valence-electron chi connectivity index (χ2n) is 7.77. The van der Waals surface area contributed by atoms with Crippen molar-refractivity contribution < 1.29 is 10.0 Å². The molecule has 1 N–H and O–H groups in total. The van der Waals surface area contributed by atoms with E-state index >= 15 is 0 Å². The van der Waals surface area contributed by atoms with Gasteiger partial charge in [0.25, 0.3) is 6.04 Å². The molecule has 1 heterocycles. The summed E-state index contributed by atoms with van der Waals surface area (Å²) in [6.07, 6.45) is -0.115. The molecule has 0 spiro atoms. The lowest BCUT2D eigenvalue weighted by atomic mass is 9.52. The van der Waals surface area contributed by atoms with Crippen LogP contribution < -0.4 is 0 Å². The summed E-state index contributed by atoms with van der Waals surface area (Å²) in [6, 6.07) is 23.8. The van der Waals surface area contributed by atoms with Crippen molar-refractivity contribution in [2.75, 3.05) is 0 Å². The van der Waals surface area contributed by atoms with Crippen LogP contribution in [-0.2, 0) is 5.60 Å². The molecule has 7 heteroatoms. The summed E-state index contributed by atoms with van der Waals surface area (Å²) < 4.78 is 0. The first kappa shape index (κ1) is 20.7. The molecule has 1 unspecified atom stereocenters. The number of nitriles is 2. The van der Waals surface area contributed by atoms with E-state index in [0.717, 1.165) is 0 Å². The summed E-state index contributed by atoms with van der Waals surface area (Å²) in [6.45, 7) is 0. The van der Waals surface area contributed by atoms with E-state index < -0.39 is 33.8 Å². The van der Waals surface area contributed by atoms with E-state index in [1.807, 2.05) is 6.07 Å². The van der Waals surface area contributed by atoms with Crippen LogP contribution in [0.1, 0.15) is 34.3 Å². The third-order valence-electron chi connectivity index (χ3n) is 6.28. The summed E-state index contributed by atoms with van der Waals surface area (Å²) in [5.41, 5.74) is -2.48.